The lowest BCUT2D eigenvalue weighted by Crippen LogP contribution is -2.36. The van der Waals surface area contributed by atoms with Crippen molar-refractivity contribution in [3.63, 3.8) is 0 Å². The third-order valence-corrected chi connectivity index (χ3v) is 1.96. The van der Waals surface area contributed by atoms with E-state index in [2.05, 4.69) is 5.32 Å². The topological polar surface area (TPSA) is 46.2 Å². The quantitative estimate of drug-likeness (QED) is 0.636. The first-order valence-corrected chi connectivity index (χ1v) is 4.06. The van der Waals surface area contributed by atoms with Crippen molar-refractivity contribution in [2.45, 2.75) is 38.6 Å². The lowest BCUT2D eigenvalue weighted by Gasteiger charge is -2.08. The molecule has 1 unspecified atom stereocenters. The second-order valence-electron chi connectivity index (χ2n) is 2.83. The average molecular weight is 155 g/mol. The number of carbonyl (C=O) groups is 2. The van der Waals surface area contributed by atoms with Gasteiger partial charge in [-0.05, 0) is 12.8 Å². The summed E-state index contributed by atoms with van der Waals surface area (Å²) in [4.78, 5) is 21.9. The third-order valence-electron chi connectivity index (χ3n) is 1.96. The van der Waals surface area contributed by atoms with Gasteiger partial charge < -0.3 is 5.32 Å². The van der Waals surface area contributed by atoms with Crippen LogP contribution in [-0.4, -0.2) is 17.7 Å². The van der Waals surface area contributed by atoms with Crippen LogP contribution in [0, 0.1) is 0 Å². The molecule has 1 rings (SSSR count). The van der Waals surface area contributed by atoms with Crippen LogP contribution in [0.5, 0.6) is 0 Å². The molecule has 0 aromatic carbocycles. The Bertz CT molecular complexity index is 177. The van der Waals surface area contributed by atoms with E-state index in [-0.39, 0.29) is 17.7 Å². The van der Waals surface area contributed by atoms with Gasteiger partial charge in [0.05, 0.1) is 6.04 Å². The van der Waals surface area contributed by atoms with Gasteiger partial charge in [0, 0.05) is 12.8 Å². The predicted octanol–water partition coefficient (Wildman–Crippen LogP) is 0.634. The molecule has 3 nitrogen and oxygen atoms in total. The number of Topliss-reactive ketones (excluding diaryl/α,β-unsaturated/α-hetero) is 1. The lowest BCUT2D eigenvalue weighted by molar-refractivity contribution is -0.126. The number of hydrogen-bond acceptors (Lipinski definition) is 2. The molecule has 0 aliphatic heterocycles. The summed E-state index contributed by atoms with van der Waals surface area (Å²) in [6.07, 6.45) is 2.84. The van der Waals surface area contributed by atoms with Crippen LogP contribution in [0.15, 0.2) is 0 Å². The summed E-state index contributed by atoms with van der Waals surface area (Å²) in [5, 5.41) is 2.69. The van der Waals surface area contributed by atoms with Crippen LogP contribution in [-0.2, 0) is 9.59 Å². The first-order valence-electron chi connectivity index (χ1n) is 4.06. The molecule has 0 saturated heterocycles. The van der Waals surface area contributed by atoms with Gasteiger partial charge in [-0.15, -0.1) is 0 Å². The predicted molar refractivity (Wildman–Crippen MR) is 41.1 cm³/mol. The number of amides is 1. The fourth-order valence-corrected chi connectivity index (χ4v) is 1.26. The van der Waals surface area contributed by atoms with E-state index in [4.69, 9.17) is 0 Å². The highest BCUT2D eigenvalue weighted by Gasteiger charge is 2.24. The Morgan fingerprint density at radius 2 is 2.45 bits per heavy atom. The van der Waals surface area contributed by atoms with Crippen molar-refractivity contribution in [2.75, 3.05) is 0 Å². The lowest BCUT2D eigenvalue weighted by atomic mass is 10.2. The Labute approximate surface area is 66.2 Å². The van der Waals surface area contributed by atoms with E-state index >= 15 is 0 Å². The summed E-state index contributed by atoms with van der Waals surface area (Å²) < 4.78 is 0. The zero-order valence-electron chi connectivity index (χ0n) is 6.72. The first-order chi connectivity index (χ1) is 5.24. The largest absolute Gasteiger partial charge is 0.346 e. The van der Waals surface area contributed by atoms with Crippen LogP contribution in [0.3, 0.4) is 0 Å². The maximum absolute atomic E-state index is 11.0. The summed E-state index contributed by atoms with van der Waals surface area (Å²) >= 11 is 0. The summed E-state index contributed by atoms with van der Waals surface area (Å²) in [7, 11) is 0. The van der Waals surface area contributed by atoms with E-state index in [9.17, 15) is 9.59 Å². The zero-order valence-corrected chi connectivity index (χ0v) is 6.72. The van der Waals surface area contributed by atoms with E-state index in [1.165, 1.54) is 0 Å². The van der Waals surface area contributed by atoms with Gasteiger partial charge in [0.15, 0.2) is 5.78 Å². The minimum absolute atomic E-state index is 0.0229. The normalized spacial score (nSPS) is 23.7. The van der Waals surface area contributed by atoms with E-state index in [0.29, 0.717) is 12.8 Å². The molecule has 0 spiro atoms. The van der Waals surface area contributed by atoms with Gasteiger partial charge in [0.2, 0.25) is 5.91 Å². The molecule has 0 bridgehead atoms. The average Bonchev–Trinajstić information content (AvgIpc) is 2.37. The van der Waals surface area contributed by atoms with Gasteiger partial charge in [-0.1, -0.05) is 6.92 Å². The van der Waals surface area contributed by atoms with Crippen molar-refractivity contribution in [3.8, 4) is 0 Å². The molecule has 62 valence electrons. The number of hydrogen-bond donors (Lipinski definition) is 1. The van der Waals surface area contributed by atoms with Crippen molar-refractivity contribution in [2.24, 2.45) is 0 Å². The Hall–Kier alpha value is -0.860. The molecule has 1 fully saturated rings. The van der Waals surface area contributed by atoms with Crippen LogP contribution in [0.1, 0.15) is 32.6 Å². The summed E-state index contributed by atoms with van der Waals surface area (Å²) in [6, 6.07) is -0.178. The van der Waals surface area contributed by atoms with Crippen LogP contribution in [0.4, 0.5) is 0 Å². The van der Waals surface area contributed by atoms with Crippen molar-refractivity contribution in [3.05, 3.63) is 0 Å². The molecular weight excluding hydrogens is 142 g/mol. The molecule has 1 aliphatic carbocycles. The zero-order chi connectivity index (χ0) is 8.27. The van der Waals surface area contributed by atoms with Gasteiger partial charge in [0.25, 0.3) is 0 Å². The SMILES string of the molecule is CCC(=O)NC1CCCC1=O. The number of nitrogens with one attached hydrogen (secondary N) is 1. The molecule has 11 heavy (non-hydrogen) atoms. The van der Waals surface area contributed by atoms with Gasteiger partial charge in [-0.25, -0.2) is 0 Å². The summed E-state index contributed by atoms with van der Waals surface area (Å²) in [5.41, 5.74) is 0. The number of ketones is 1. The number of carbonyl (C=O) groups excluding carboxylic acids is 2. The van der Waals surface area contributed by atoms with E-state index in [1.807, 2.05) is 0 Å². The molecule has 1 aliphatic rings. The van der Waals surface area contributed by atoms with Gasteiger partial charge in [-0.3, -0.25) is 9.59 Å². The molecule has 1 saturated carbocycles. The first kappa shape index (κ1) is 8.24. The van der Waals surface area contributed by atoms with Crippen LogP contribution < -0.4 is 5.32 Å². The molecule has 0 aromatic heterocycles. The smallest absolute Gasteiger partial charge is 0.220 e. The molecular formula is C8H13NO2. The highest BCUT2D eigenvalue weighted by atomic mass is 16.2. The van der Waals surface area contributed by atoms with E-state index in [1.54, 1.807) is 6.92 Å². The number of rotatable bonds is 2. The highest BCUT2D eigenvalue weighted by molar-refractivity contribution is 5.90. The van der Waals surface area contributed by atoms with Crippen LogP contribution in [0.25, 0.3) is 0 Å². The van der Waals surface area contributed by atoms with Crippen molar-refractivity contribution in [1.29, 1.82) is 0 Å². The maximum Gasteiger partial charge on any atom is 0.220 e. The highest BCUT2D eigenvalue weighted by Crippen LogP contribution is 2.13. The minimum atomic E-state index is -0.178. The van der Waals surface area contributed by atoms with Gasteiger partial charge in [0.1, 0.15) is 0 Å². The van der Waals surface area contributed by atoms with Crippen molar-refractivity contribution >= 4 is 11.7 Å². The van der Waals surface area contributed by atoms with Crippen molar-refractivity contribution < 1.29 is 9.59 Å². The van der Waals surface area contributed by atoms with Gasteiger partial charge in [-0.2, -0.15) is 0 Å². The van der Waals surface area contributed by atoms with Gasteiger partial charge >= 0.3 is 0 Å². The third kappa shape index (κ3) is 2.03. The van der Waals surface area contributed by atoms with Crippen LogP contribution >= 0.6 is 0 Å². The molecule has 3 heteroatoms. The molecule has 0 heterocycles. The van der Waals surface area contributed by atoms with E-state index < -0.39 is 0 Å². The second kappa shape index (κ2) is 3.51. The Kier molecular flexibility index (Phi) is 2.63. The maximum atomic E-state index is 11.0. The second-order valence-corrected chi connectivity index (χ2v) is 2.83. The standard InChI is InChI=1S/C8H13NO2/c1-2-8(11)9-6-4-3-5-7(6)10/h6H,2-5H2,1H3,(H,9,11). The molecule has 1 amide bonds. The fraction of sp³-hybridized carbons (Fsp3) is 0.750. The molecule has 0 aromatic rings. The van der Waals surface area contributed by atoms with Crippen LogP contribution in [0.2, 0.25) is 0 Å². The summed E-state index contributed by atoms with van der Waals surface area (Å²) in [5.74, 6) is 0.164. The van der Waals surface area contributed by atoms with E-state index in [0.717, 1.165) is 12.8 Å². The fourth-order valence-electron chi connectivity index (χ4n) is 1.26. The monoisotopic (exact) mass is 155 g/mol. The molecule has 1 N–H and O–H groups in total. The molecule has 0 radical (unpaired) electrons. The van der Waals surface area contributed by atoms with Crippen molar-refractivity contribution in [1.82, 2.24) is 5.32 Å². The molecule has 1 atom stereocenters. The Morgan fingerprint density at radius 3 is 2.91 bits per heavy atom. The Morgan fingerprint density at radius 1 is 1.73 bits per heavy atom. The minimum Gasteiger partial charge on any atom is -0.346 e. The summed E-state index contributed by atoms with van der Waals surface area (Å²) in [6.45, 7) is 1.79. The Balaban J connectivity index is 2.36.